The van der Waals surface area contributed by atoms with Crippen molar-refractivity contribution in [3.63, 3.8) is 0 Å². The second kappa shape index (κ2) is 8.84. The molecule has 2 aromatic carbocycles. The smallest absolute Gasteiger partial charge is 0.241 e. The molecule has 1 saturated heterocycles. The van der Waals surface area contributed by atoms with Gasteiger partial charge in [0.25, 0.3) is 0 Å². The van der Waals surface area contributed by atoms with E-state index in [4.69, 9.17) is 4.74 Å². The second-order valence-electron chi connectivity index (χ2n) is 7.17. The van der Waals surface area contributed by atoms with E-state index < -0.39 is 16.1 Å². The number of benzene rings is 2. The molecule has 8 heteroatoms. The van der Waals surface area contributed by atoms with E-state index in [0.717, 1.165) is 5.69 Å². The summed E-state index contributed by atoms with van der Waals surface area (Å²) in [7, 11) is -2.28. The molecule has 3 rings (SSSR count). The van der Waals surface area contributed by atoms with Gasteiger partial charge in [0.15, 0.2) is 0 Å². The highest BCUT2D eigenvalue weighted by molar-refractivity contribution is 7.89. The number of ether oxygens (including phenoxy) is 1. The highest BCUT2D eigenvalue weighted by Gasteiger charge is 2.28. The van der Waals surface area contributed by atoms with Crippen molar-refractivity contribution >= 4 is 21.6 Å². The molecule has 2 aromatic rings. The molecule has 1 N–H and O–H groups in total. The number of carbonyl (C=O) groups is 1. The van der Waals surface area contributed by atoms with Gasteiger partial charge in [-0.1, -0.05) is 12.1 Å². The van der Waals surface area contributed by atoms with Gasteiger partial charge in [0, 0.05) is 31.9 Å². The molecule has 1 heterocycles. The van der Waals surface area contributed by atoms with Gasteiger partial charge in [-0.05, 0) is 55.8 Å². The second-order valence-corrected chi connectivity index (χ2v) is 8.88. The van der Waals surface area contributed by atoms with Crippen LogP contribution in [0.4, 0.5) is 5.69 Å². The number of rotatable bonds is 6. The lowest BCUT2D eigenvalue weighted by molar-refractivity contribution is -0.132. The SMILES string of the molecule is COc1ccc(S(=O)(=O)N[C@@H](C)C(=O)N2CCN(c3cccc(C)c3)CC2)cc1. The molecule has 1 amide bonds. The minimum absolute atomic E-state index is 0.0993. The number of sulfonamides is 1. The molecule has 1 aliphatic rings. The summed E-state index contributed by atoms with van der Waals surface area (Å²) in [5.41, 5.74) is 2.34. The predicted octanol–water partition coefficient (Wildman–Crippen LogP) is 2.02. The van der Waals surface area contributed by atoms with Gasteiger partial charge in [0.2, 0.25) is 15.9 Å². The summed E-state index contributed by atoms with van der Waals surface area (Å²) < 4.78 is 32.7. The molecule has 0 radical (unpaired) electrons. The first-order chi connectivity index (χ1) is 13.8. The Morgan fingerprint density at radius 2 is 1.72 bits per heavy atom. The number of anilines is 1. The number of hydrogen-bond acceptors (Lipinski definition) is 5. The molecular formula is C21H27N3O4S. The Morgan fingerprint density at radius 1 is 1.07 bits per heavy atom. The lowest BCUT2D eigenvalue weighted by atomic mass is 10.2. The van der Waals surface area contributed by atoms with Crippen LogP contribution in [-0.4, -0.2) is 58.6 Å². The van der Waals surface area contributed by atoms with Crippen LogP contribution in [0.3, 0.4) is 0 Å². The summed E-state index contributed by atoms with van der Waals surface area (Å²) in [6, 6.07) is 13.5. The van der Waals surface area contributed by atoms with Gasteiger partial charge >= 0.3 is 0 Å². The maximum Gasteiger partial charge on any atom is 0.241 e. The normalized spacial score (nSPS) is 15.8. The number of methoxy groups -OCH3 is 1. The van der Waals surface area contributed by atoms with E-state index in [2.05, 4.69) is 34.7 Å². The first kappa shape index (κ1) is 21.1. The van der Waals surface area contributed by atoms with Gasteiger partial charge < -0.3 is 14.5 Å². The average Bonchev–Trinajstić information content (AvgIpc) is 2.73. The quantitative estimate of drug-likeness (QED) is 0.778. The molecule has 1 atom stereocenters. The summed E-state index contributed by atoms with van der Waals surface area (Å²) in [5, 5.41) is 0. The number of aryl methyl sites for hydroxylation is 1. The fourth-order valence-electron chi connectivity index (χ4n) is 3.39. The standard InChI is InChI=1S/C21H27N3O4S/c1-16-5-4-6-18(15-16)23-11-13-24(14-12-23)21(25)17(2)22-29(26,27)20-9-7-19(28-3)8-10-20/h4-10,15,17,22H,11-14H2,1-3H3/t17-/m0/s1. The number of amides is 1. The Bertz CT molecular complexity index is 952. The zero-order chi connectivity index (χ0) is 21.0. The Morgan fingerprint density at radius 3 is 2.31 bits per heavy atom. The molecule has 0 aromatic heterocycles. The third-order valence-electron chi connectivity index (χ3n) is 5.03. The Balaban J connectivity index is 1.59. The van der Waals surface area contributed by atoms with Crippen molar-refractivity contribution in [3.05, 3.63) is 54.1 Å². The summed E-state index contributed by atoms with van der Waals surface area (Å²) in [4.78, 5) is 16.8. The number of hydrogen-bond donors (Lipinski definition) is 1. The largest absolute Gasteiger partial charge is 0.497 e. The van der Waals surface area contributed by atoms with E-state index in [-0.39, 0.29) is 10.8 Å². The van der Waals surface area contributed by atoms with Gasteiger partial charge in [-0.2, -0.15) is 4.72 Å². The van der Waals surface area contributed by atoms with Crippen molar-refractivity contribution in [2.75, 3.05) is 38.2 Å². The van der Waals surface area contributed by atoms with Gasteiger partial charge in [-0.3, -0.25) is 4.79 Å². The van der Waals surface area contributed by atoms with E-state index in [1.54, 1.807) is 24.0 Å². The molecule has 0 unspecified atom stereocenters. The van der Waals surface area contributed by atoms with Gasteiger partial charge in [-0.25, -0.2) is 8.42 Å². The fourth-order valence-corrected chi connectivity index (χ4v) is 4.59. The highest BCUT2D eigenvalue weighted by atomic mass is 32.2. The van der Waals surface area contributed by atoms with Crippen LogP contribution in [-0.2, 0) is 14.8 Å². The lowest BCUT2D eigenvalue weighted by Gasteiger charge is -2.37. The van der Waals surface area contributed by atoms with E-state index in [0.29, 0.717) is 31.9 Å². The zero-order valence-corrected chi connectivity index (χ0v) is 17.8. The molecule has 29 heavy (non-hydrogen) atoms. The van der Waals surface area contributed by atoms with Gasteiger partial charge in [0.1, 0.15) is 5.75 Å². The monoisotopic (exact) mass is 417 g/mol. The summed E-state index contributed by atoms with van der Waals surface area (Å²) in [6.07, 6.45) is 0. The third kappa shape index (κ3) is 5.07. The molecule has 7 nitrogen and oxygen atoms in total. The van der Waals surface area contributed by atoms with Crippen molar-refractivity contribution in [2.24, 2.45) is 0 Å². The summed E-state index contributed by atoms with van der Waals surface area (Å²) in [6.45, 7) is 6.18. The van der Waals surface area contributed by atoms with Crippen LogP contribution < -0.4 is 14.4 Å². The van der Waals surface area contributed by atoms with Crippen molar-refractivity contribution in [1.29, 1.82) is 0 Å². The molecule has 156 valence electrons. The van der Waals surface area contributed by atoms with Crippen molar-refractivity contribution < 1.29 is 17.9 Å². The van der Waals surface area contributed by atoms with Crippen LogP contribution in [0.1, 0.15) is 12.5 Å². The highest BCUT2D eigenvalue weighted by Crippen LogP contribution is 2.19. The zero-order valence-electron chi connectivity index (χ0n) is 17.0. The van der Waals surface area contributed by atoms with E-state index in [1.165, 1.54) is 24.8 Å². The maximum atomic E-state index is 12.8. The predicted molar refractivity (Wildman–Crippen MR) is 113 cm³/mol. The number of piperazine rings is 1. The van der Waals surface area contributed by atoms with Crippen LogP contribution in [0, 0.1) is 6.92 Å². The molecule has 0 bridgehead atoms. The van der Waals surface area contributed by atoms with Crippen LogP contribution in [0.5, 0.6) is 5.75 Å². The van der Waals surface area contributed by atoms with E-state index in [1.807, 2.05) is 6.07 Å². The van der Waals surface area contributed by atoms with Crippen LogP contribution >= 0.6 is 0 Å². The van der Waals surface area contributed by atoms with Gasteiger partial charge in [0.05, 0.1) is 18.0 Å². The summed E-state index contributed by atoms with van der Waals surface area (Å²) in [5.74, 6) is 0.352. The Labute approximate surface area is 172 Å². The van der Waals surface area contributed by atoms with Crippen LogP contribution in [0.25, 0.3) is 0 Å². The third-order valence-corrected chi connectivity index (χ3v) is 6.59. The van der Waals surface area contributed by atoms with Crippen molar-refractivity contribution in [3.8, 4) is 5.75 Å². The minimum Gasteiger partial charge on any atom is -0.497 e. The molecule has 1 fully saturated rings. The van der Waals surface area contributed by atoms with E-state index >= 15 is 0 Å². The van der Waals surface area contributed by atoms with Gasteiger partial charge in [-0.15, -0.1) is 0 Å². The first-order valence-electron chi connectivity index (χ1n) is 9.57. The molecule has 0 spiro atoms. The molecule has 0 aliphatic carbocycles. The number of nitrogens with one attached hydrogen (secondary N) is 1. The molecule has 0 saturated carbocycles. The lowest BCUT2D eigenvalue weighted by Crippen LogP contribution is -2.54. The van der Waals surface area contributed by atoms with E-state index in [9.17, 15) is 13.2 Å². The maximum absolute atomic E-state index is 12.8. The van der Waals surface area contributed by atoms with Crippen molar-refractivity contribution in [2.45, 2.75) is 24.8 Å². The molecular weight excluding hydrogens is 390 g/mol. The summed E-state index contributed by atoms with van der Waals surface area (Å²) >= 11 is 0. The Hall–Kier alpha value is -2.58. The van der Waals surface area contributed by atoms with Crippen LogP contribution in [0.15, 0.2) is 53.4 Å². The number of carbonyl (C=O) groups excluding carboxylic acids is 1. The fraction of sp³-hybridized carbons (Fsp3) is 0.381. The first-order valence-corrected chi connectivity index (χ1v) is 11.1. The molecule has 1 aliphatic heterocycles. The average molecular weight is 418 g/mol. The van der Waals surface area contributed by atoms with Crippen LogP contribution in [0.2, 0.25) is 0 Å². The minimum atomic E-state index is -3.79. The topological polar surface area (TPSA) is 78.9 Å². The van der Waals surface area contributed by atoms with Crippen molar-refractivity contribution in [1.82, 2.24) is 9.62 Å². The Kier molecular flexibility index (Phi) is 6.44. The number of nitrogens with zero attached hydrogens (tertiary/aromatic N) is 2.